The molecule has 26 heavy (non-hydrogen) atoms. The molecule has 0 aliphatic rings. The second-order valence-corrected chi connectivity index (χ2v) is 5.92. The van der Waals surface area contributed by atoms with Gasteiger partial charge in [-0.15, -0.1) is 0 Å². The maximum absolute atomic E-state index is 12.4. The third-order valence-electron chi connectivity index (χ3n) is 4.21. The van der Waals surface area contributed by atoms with E-state index < -0.39 is 0 Å². The van der Waals surface area contributed by atoms with Crippen LogP contribution in [-0.2, 0) is 17.8 Å². The summed E-state index contributed by atoms with van der Waals surface area (Å²) < 4.78 is 5.40. The van der Waals surface area contributed by atoms with Crippen molar-refractivity contribution >= 4 is 16.7 Å². The van der Waals surface area contributed by atoms with E-state index in [1.165, 1.54) is 0 Å². The van der Waals surface area contributed by atoms with Gasteiger partial charge < -0.3 is 9.73 Å². The normalized spacial score (nSPS) is 10.8. The van der Waals surface area contributed by atoms with E-state index in [1.807, 2.05) is 48.5 Å². The zero-order chi connectivity index (χ0) is 17.8. The summed E-state index contributed by atoms with van der Waals surface area (Å²) in [7, 11) is 0. The molecule has 0 atom stereocenters. The summed E-state index contributed by atoms with van der Waals surface area (Å²) >= 11 is 0. The fourth-order valence-corrected chi connectivity index (χ4v) is 2.98. The lowest BCUT2D eigenvalue weighted by Gasteiger charge is -2.09. The first-order valence-corrected chi connectivity index (χ1v) is 8.38. The van der Waals surface area contributed by atoms with Gasteiger partial charge in [0.15, 0.2) is 5.76 Å². The molecule has 0 fully saturated rings. The third kappa shape index (κ3) is 3.32. The Bertz CT molecular complexity index is 1040. The number of hydrogen-bond acceptors (Lipinski definition) is 4. The molecule has 0 radical (unpaired) electrons. The number of amides is 1. The Labute approximate surface area is 150 Å². The maximum atomic E-state index is 12.4. The maximum Gasteiger partial charge on any atom is 0.224 e. The molecule has 2 aromatic carbocycles. The second kappa shape index (κ2) is 7.19. The van der Waals surface area contributed by atoms with Crippen LogP contribution >= 0.6 is 0 Å². The first kappa shape index (κ1) is 16.0. The molecule has 1 N–H and O–H groups in total. The highest BCUT2D eigenvalue weighted by molar-refractivity contribution is 5.90. The van der Waals surface area contributed by atoms with Gasteiger partial charge in [-0.05, 0) is 28.5 Å². The van der Waals surface area contributed by atoms with Crippen LogP contribution in [0, 0.1) is 0 Å². The lowest BCUT2D eigenvalue weighted by molar-refractivity contribution is -0.120. The second-order valence-electron chi connectivity index (χ2n) is 5.92. The Hall–Kier alpha value is -3.47. The van der Waals surface area contributed by atoms with E-state index in [4.69, 9.17) is 4.42 Å². The van der Waals surface area contributed by atoms with Gasteiger partial charge in [-0.1, -0.05) is 42.5 Å². The summed E-state index contributed by atoms with van der Waals surface area (Å²) in [5.41, 5.74) is 2.32. The van der Waals surface area contributed by atoms with Gasteiger partial charge in [-0.3, -0.25) is 9.78 Å². The Morgan fingerprint density at radius 3 is 2.69 bits per heavy atom. The van der Waals surface area contributed by atoms with Crippen molar-refractivity contribution in [2.24, 2.45) is 0 Å². The van der Waals surface area contributed by atoms with Crippen LogP contribution in [-0.4, -0.2) is 15.9 Å². The van der Waals surface area contributed by atoms with Crippen LogP contribution in [0.3, 0.4) is 0 Å². The Kier molecular flexibility index (Phi) is 4.43. The van der Waals surface area contributed by atoms with Crippen molar-refractivity contribution in [1.82, 2.24) is 15.3 Å². The fraction of sp³-hybridized carbons (Fsp3) is 0.0952. The van der Waals surface area contributed by atoms with Crippen molar-refractivity contribution < 1.29 is 9.21 Å². The minimum absolute atomic E-state index is 0.0580. The van der Waals surface area contributed by atoms with Crippen LogP contribution < -0.4 is 5.32 Å². The summed E-state index contributed by atoms with van der Waals surface area (Å²) in [5.74, 6) is 0.578. The first-order chi connectivity index (χ1) is 12.8. The van der Waals surface area contributed by atoms with Crippen LogP contribution in [0.4, 0.5) is 0 Å². The standard InChI is InChI=1S/C21H17N3O2/c25-20(13-16-7-3-6-15-5-1-2-8-17(15)16)24-14-18-21(23-11-10-22-18)19-9-4-12-26-19/h1-12H,13-14H2,(H,24,25). The van der Waals surface area contributed by atoms with Crippen molar-refractivity contribution in [3.8, 4) is 11.5 Å². The number of rotatable bonds is 5. The first-order valence-electron chi connectivity index (χ1n) is 8.38. The quantitative estimate of drug-likeness (QED) is 0.599. The smallest absolute Gasteiger partial charge is 0.224 e. The molecule has 0 unspecified atom stereocenters. The van der Waals surface area contributed by atoms with E-state index in [2.05, 4.69) is 15.3 Å². The third-order valence-corrected chi connectivity index (χ3v) is 4.21. The van der Waals surface area contributed by atoms with Crippen LogP contribution in [0.2, 0.25) is 0 Å². The van der Waals surface area contributed by atoms with Gasteiger partial charge >= 0.3 is 0 Å². The van der Waals surface area contributed by atoms with Gasteiger partial charge in [0.1, 0.15) is 5.69 Å². The van der Waals surface area contributed by atoms with Gasteiger partial charge in [0.25, 0.3) is 0 Å². The molecule has 1 amide bonds. The summed E-state index contributed by atoms with van der Waals surface area (Å²) in [6.45, 7) is 0.299. The number of benzene rings is 2. The van der Waals surface area contributed by atoms with Crippen molar-refractivity contribution in [2.45, 2.75) is 13.0 Å². The molecular formula is C21H17N3O2. The highest BCUT2D eigenvalue weighted by atomic mass is 16.3. The molecule has 4 aromatic rings. The lowest BCUT2D eigenvalue weighted by atomic mass is 10.0. The predicted octanol–water partition coefficient (Wildman–Crippen LogP) is 3.75. The van der Waals surface area contributed by atoms with E-state index in [0.717, 1.165) is 16.3 Å². The highest BCUT2D eigenvalue weighted by Crippen LogP contribution is 2.21. The molecule has 0 bridgehead atoms. The Morgan fingerprint density at radius 2 is 1.81 bits per heavy atom. The van der Waals surface area contributed by atoms with Gasteiger partial charge in [-0.2, -0.15) is 0 Å². The molecule has 2 aromatic heterocycles. The minimum Gasteiger partial charge on any atom is -0.463 e. The Morgan fingerprint density at radius 1 is 0.962 bits per heavy atom. The molecule has 4 rings (SSSR count). The molecule has 0 aliphatic carbocycles. The van der Waals surface area contributed by atoms with E-state index in [-0.39, 0.29) is 5.91 Å². The van der Waals surface area contributed by atoms with Crippen molar-refractivity contribution in [2.75, 3.05) is 0 Å². The van der Waals surface area contributed by atoms with E-state index >= 15 is 0 Å². The molecule has 0 aliphatic heterocycles. The van der Waals surface area contributed by atoms with E-state index in [9.17, 15) is 4.79 Å². The van der Waals surface area contributed by atoms with Crippen LogP contribution in [0.15, 0.2) is 77.7 Å². The van der Waals surface area contributed by atoms with Crippen molar-refractivity contribution in [1.29, 1.82) is 0 Å². The average molecular weight is 343 g/mol. The van der Waals surface area contributed by atoms with Gasteiger partial charge in [0.05, 0.1) is 24.9 Å². The van der Waals surface area contributed by atoms with Crippen LogP contribution in [0.25, 0.3) is 22.2 Å². The van der Waals surface area contributed by atoms with Crippen molar-refractivity contribution in [3.05, 3.63) is 84.5 Å². The monoisotopic (exact) mass is 343 g/mol. The summed E-state index contributed by atoms with van der Waals surface area (Å²) in [6.07, 6.45) is 5.13. The number of carbonyl (C=O) groups is 1. The number of nitrogens with one attached hydrogen (secondary N) is 1. The van der Waals surface area contributed by atoms with E-state index in [0.29, 0.717) is 30.1 Å². The number of carbonyl (C=O) groups excluding carboxylic acids is 1. The molecule has 128 valence electrons. The topological polar surface area (TPSA) is 68.0 Å². The summed E-state index contributed by atoms with van der Waals surface area (Å²) in [5, 5.41) is 5.16. The van der Waals surface area contributed by atoms with Crippen LogP contribution in [0.1, 0.15) is 11.3 Å². The SMILES string of the molecule is O=C(Cc1cccc2ccccc12)NCc1nccnc1-c1ccco1. The minimum atomic E-state index is -0.0580. The number of fused-ring (bicyclic) bond motifs is 1. The van der Waals surface area contributed by atoms with E-state index in [1.54, 1.807) is 24.7 Å². The van der Waals surface area contributed by atoms with Crippen molar-refractivity contribution in [3.63, 3.8) is 0 Å². The molecule has 5 nitrogen and oxygen atoms in total. The Balaban J connectivity index is 1.48. The van der Waals surface area contributed by atoms with Gasteiger partial charge in [-0.25, -0.2) is 4.98 Å². The molecule has 5 heteroatoms. The molecule has 0 saturated heterocycles. The summed E-state index contributed by atoms with van der Waals surface area (Å²) in [6, 6.07) is 17.7. The predicted molar refractivity (Wildman–Crippen MR) is 99.2 cm³/mol. The highest BCUT2D eigenvalue weighted by Gasteiger charge is 2.12. The lowest BCUT2D eigenvalue weighted by Crippen LogP contribution is -2.25. The largest absolute Gasteiger partial charge is 0.463 e. The zero-order valence-corrected chi connectivity index (χ0v) is 14.1. The molecule has 2 heterocycles. The fourth-order valence-electron chi connectivity index (χ4n) is 2.98. The van der Waals surface area contributed by atoms with Gasteiger partial charge in [0.2, 0.25) is 5.91 Å². The number of furan rings is 1. The number of hydrogen-bond donors (Lipinski definition) is 1. The average Bonchev–Trinajstić information content (AvgIpc) is 3.21. The number of nitrogens with zero attached hydrogens (tertiary/aromatic N) is 2. The summed E-state index contributed by atoms with van der Waals surface area (Å²) in [4.78, 5) is 21.1. The zero-order valence-electron chi connectivity index (χ0n) is 14.1. The van der Waals surface area contributed by atoms with Gasteiger partial charge in [0, 0.05) is 12.4 Å². The molecule has 0 saturated carbocycles. The number of aromatic nitrogens is 2. The van der Waals surface area contributed by atoms with Crippen LogP contribution in [0.5, 0.6) is 0 Å². The molecular weight excluding hydrogens is 326 g/mol. The molecule has 0 spiro atoms.